The molecule has 1 saturated heterocycles. The number of pyridine rings is 1. The van der Waals surface area contributed by atoms with E-state index in [1.165, 1.54) is 18.9 Å². The molecule has 0 saturated carbocycles. The number of esters is 1. The SMILES string of the molecule is COC(=O)c1ccc(C(=O)N2CCC3(CC2)OCCc2cc(OC)c(OC)cc23)nc1. The van der Waals surface area contributed by atoms with Gasteiger partial charge in [-0.1, -0.05) is 0 Å². The van der Waals surface area contributed by atoms with Crippen LogP contribution in [0.2, 0.25) is 0 Å². The quantitative estimate of drug-likeness (QED) is 0.695. The number of hydrogen-bond acceptors (Lipinski definition) is 7. The molecule has 2 aliphatic heterocycles. The predicted octanol–water partition coefficient (Wildman–Crippen LogP) is 2.59. The highest BCUT2D eigenvalue weighted by atomic mass is 16.5. The number of ether oxygens (including phenoxy) is 4. The summed E-state index contributed by atoms with van der Waals surface area (Å²) < 4.78 is 21.9. The van der Waals surface area contributed by atoms with E-state index in [0.717, 1.165) is 12.0 Å². The molecule has 1 aromatic heterocycles. The maximum atomic E-state index is 12.9. The molecule has 0 aliphatic carbocycles. The fourth-order valence-electron chi connectivity index (χ4n) is 4.39. The van der Waals surface area contributed by atoms with Crippen LogP contribution in [0, 0.1) is 0 Å². The molecular formula is C23H26N2O6. The van der Waals surface area contributed by atoms with Gasteiger partial charge in [-0.3, -0.25) is 9.78 Å². The Hall–Kier alpha value is -3.13. The molecule has 0 atom stereocenters. The van der Waals surface area contributed by atoms with E-state index in [-0.39, 0.29) is 5.91 Å². The van der Waals surface area contributed by atoms with Crippen molar-refractivity contribution in [1.82, 2.24) is 9.88 Å². The number of carbonyl (C=O) groups is 2. The number of likely N-dealkylation sites (tertiary alicyclic amines) is 1. The van der Waals surface area contributed by atoms with E-state index in [1.807, 2.05) is 12.1 Å². The third-order valence-electron chi connectivity index (χ3n) is 6.11. The molecular weight excluding hydrogens is 400 g/mol. The Morgan fingerprint density at radius 3 is 2.39 bits per heavy atom. The fourth-order valence-corrected chi connectivity index (χ4v) is 4.39. The Bertz CT molecular complexity index is 980. The Morgan fingerprint density at radius 1 is 1.06 bits per heavy atom. The van der Waals surface area contributed by atoms with Gasteiger partial charge in [0, 0.05) is 19.3 Å². The molecule has 1 spiro atoms. The van der Waals surface area contributed by atoms with E-state index in [0.29, 0.717) is 55.3 Å². The summed E-state index contributed by atoms with van der Waals surface area (Å²) in [6.07, 6.45) is 3.55. The van der Waals surface area contributed by atoms with E-state index < -0.39 is 11.6 Å². The lowest BCUT2D eigenvalue weighted by atomic mass is 9.79. The van der Waals surface area contributed by atoms with Gasteiger partial charge < -0.3 is 23.8 Å². The van der Waals surface area contributed by atoms with Gasteiger partial charge >= 0.3 is 5.97 Å². The largest absolute Gasteiger partial charge is 0.493 e. The molecule has 0 radical (unpaired) electrons. The number of amides is 1. The first-order valence-electron chi connectivity index (χ1n) is 10.2. The van der Waals surface area contributed by atoms with Crippen molar-refractivity contribution in [3.63, 3.8) is 0 Å². The van der Waals surface area contributed by atoms with Gasteiger partial charge in [0.25, 0.3) is 5.91 Å². The Morgan fingerprint density at radius 2 is 1.77 bits per heavy atom. The number of nitrogens with zero attached hydrogens (tertiary/aromatic N) is 2. The minimum atomic E-state index is -0.480. The number of rotatable bonds is 4. The Labute approximate surface area is 181 Å². The number of hydrogen-bond donors (Lipinski definition) is 0. The van der Waals surface area contributed by atoms with Crippen LogP contribution in [0.15, 0.2) is 30.5 Å². The molecule has 1 fully saturated rings. The smallest absolute Gasteiger partial charge is 0.339 e. The molecule has 8 nitrogen and oxygen atoms in total. The summed E-state index contributed by atoms with van der Waals surface area (Å²) in [6, 6.07) is 7.15. The molecule has 0 unspecified atom stereocenters. The van der Waals surface area contributed by atoms with Crippen molar-refractivity contribution in [1.29, 1.82) is 0 Å². The lowest BCUT2D eigenvalue weighted by Crippen LogP contribution is -2.48. The number of fused-ring (bicyclic) bond motifs is 2. The van der Waals surface area contributed by atoms with Crippen LogP contribution in [-0.2, 0) is 21.5 Å². The molecule has 164 valence electrons. The number of carbonyl (C=O) groups excluding carboxylic acids is 2. The summed E-state index contributed by atoms with van der Waals surface area (Å²) in [5, 5.41) is 0. The molecule has 3 heterocycles. The van der Waals surface area contributed by atoms with Crippen molar-refractivity contribution in [2.75, 3.05) is 41.0 Å². The van der Waals surface area contributed by atoms with Crippen molar-refractivity contribution in [2.45, 2.75) is 24.9 Å². The van der Waals surface area contributed by atoms with Crippen molar-refractivity contribution in [3.05, 3.63) is 52.8 Å². The minimum absolute atomic E-state index is 0.158. The van der Waals surface area contributed by atoms with Crippen molar-refractivity contribution >= 4 is 11.9 Å². The van der Waals surface area contributed by atoms with Gasteiger partial charge in [0.15, 0.2) is 11.5 Å². The summed E-state index contributed by atoms with van der Waals surface area (Å²) >= 11 is 0. The van der Waals surface area contributed by atoms with Gasteiger partial charge in [-0.15, -0.1) is 0 Å². The molecule has 2 aliphatic rings. The topological polar surface area (TPSA) is 87.2 Å². The normalized spacial score (nSPS) is 17.1. The minimum Gasteiger partial charge on any atom is -0.493 e. The molecule has 0 N–H and O–H groups in total. The Kier molecular flexibility index (Phi) is 5.82. The highest BCUT2D eigenvalue weighted by Crippen LogP contribution is 2.45. The lowest BCUT2D eigenvalue weighted by Gasteiger charge is -2.45. The maximum absolute atomic E-state index is 12.9. The zero-order valence-corrected chi connectivity index (χ0v) is 18.0. The van der Waals surface area contributed by atoms with Crippen LogP contribution in [0.25, 0.3) is 0 Å². The second-order valence-corrected chi connectivity index (χ2v) is 7.67. The van der Waals surface area contributed by atoms with Crippen LogP contribution in [-0.4, -0.2) is 62.8 Å². The van der Waals surface area contributed by atoms with Crippen molar-refractivity contribution < 1.29 is 28.5 Å². The number of aromatic nitrogens is 1. The second-order valence-electron chi connectivity index (χ2n) is 7.67. The second kappa shape index (κ2) is 8.55. The molecule has 0 bridgehead atoms. The van der Waals surface area contributed by atoms with Crippen LogP contribution in [0.1, 0.15) is 44.8 Å². The summed E-state index contributed by atoms with van der Waals surface area (Å²) in [5.41, 5.74) is 2.49. The van der Waals surface area contributed by atoms with Gasteiger partial charge in [0.2, 0.25) is 0 Å². The predicted molar refractivity (Wildman–Crippen MR) is 112 cm³/mol. The average Bonchev–Trinajstić information content (AvgIpc) is 2.83. The fraction of sp³-hybridized carbons (Fsp3) is 0.435. The maximum Gasteiger partial charge on any atom is 0.339 e. The van der Waals surface area contributed by atoms with E-state index in [2.05, 4.69) is 9.72 Å². The summed E-state index contributed by atoms with van der Waals surface area (Å²) in [4.78, 5) is 30.4. The zero-order valence-electron chi connectivity index (χ0n) is 18.0. The molecule has 8 heteroatoms. The van der Waals surface area contributed by atoms with Crippen LogP contribution in [0.5, 0.6) is 11.5 Å². The Balaban J connectivity index is 1.51. The standard InChI is InChI=1S/C23H26N2O6/c1-28-19-12-15-6-11-31-23(17(15)13-20(19)29-2)7-9-25(10-8-23)21(26)18-5-4-16(14-24-18)22(27)30-3/h4-5,12-14H,6-11H2,1-3H3. The van der Waals surface area contributed by atoms with Gasteiger partial charge in [0.1, 0.15) is 5.69 Å². The monoisotopic (exact) mass is 426 g/mol. The van der Waals surface area contributed by atoms with E-state index in [9.17, 15) is 9.59 Å². The molecule has 1 amide bonds. The summed E-state index contributed by atoms with van der Waals surface area (Å²) in [5.74, 6) is 0.758. The first-order chi connectivity index (χ1) is 15.0. The van der Waals surface area contributed by atoms with Crippen molar-refractivity contribution in [3.8, 4) is 11.5 Å². The number of piperidine rings is 1. The van der Waals surface area contributed by atoms with Gasteiger partial charge in [-0.25, -0.2) is 4.79 Å². The third kappa shape index (κ3) is 3.83. The third-order valence-corrected chi connectivity index (χ3v) is 6.11. The molecule has 31 heavy (non-hydrogen) atoms. The highest BCUT2D eigenvalue weighted by Gasteiger charge is 2.42. The molecule has 1 aromatic carbocycles. The summed E-state index contributed by atoms with van der Waals surface area (Å²) in [7, 11) is 4.57. The van der Waals surface area contributed by atoms with E-state index in [4.69, 9.17) is 14.2 Å². The van der Waals surface area contributed by atoms with Gasteiger partial charge in [-0.05, 0) is 54.7 Å². The van der Waals surface area contributed by atoms with Gasteiger partial charge in [-0.2, -0.15) is 0 Å². The van der Waals surface area contributed by atoms with Crippen molar-refractivity contribution in [2.24, 2.45) is 0 Å². The zero-order chi connectivity index (χ0) is 22.0. The van der Waals surface area contributed by atoms with Crippen LogP contribution < -0.4 is 9.47 Å². The molecule has 2 aromatic rings. The number of benzene rings is 1. The summed E-state index contributed by atoms with van der Waals surface area (Å²) in [6.45, 7) is 1.73. The number of methoxy groups -OCH3 is 3. The first kappa shape index (κ1) is 21.1. The van der Waals surface area contributed by atoms with E-state index >= 15 is 0 Å². The molecule has 4 rings (SSSR count). The van der Waals surface area contributed by atoms with E-state index in [1.54, 1.807) is 31.3 Å². The average molecular weight is 426 g/mol. The van der Waals surface area contributed by atoms with Gasteiger partial charge in [0.05, 0.1) is 39.1 Å². The first-order valence-corrected chi connectivity index (χ1v) is 10.2. The van der Waals surface area contributed by atoms with Crippen LogP contribution >= 0.6 is 0 Å². The lowest BCUT2D eigenvalue weighted by molar-refractivity contribution is -0.0937. The van der Waals surface area contributed by atoms with Crippen LogP contribution in [0.3, 0.4) is 0 Å². The highest BCUT2D eigenvalue weighted by molar-refractivity contribution is 5.94. The van der Waals surface area contributed by atoms with Crippen LogP contribution in [0.4, 0.5) is 0 Å².